The number of carbonyl (C=O) groups excluding carboxylic acids is 1. The number of ether oxygens (including phenoxy) is 1. The van der Waals surface area contributed by atoms with E-state index in [9.17, 15) is 4.79 Å². The number of hydrogen-bond donors (Lipinski definition) is 1. The molecule has 0 aliphatic rings. The Kier molecular flexibility index (Phi) is 5.84. The molecular weight excluding hydrogens is 278 g/mol. The zero-order chi connectivity index (χ0) is 11.8. The molecule has 1 heterocycles. The Morgan fingerprint density at radius 1 is 1.56 bits per heavy atom. The molecule has 0 unspecified atom stereocenters. The standard InChI is InChI=1S/C10H12BrNO4/c1-14-6-7-15-12-10(13)5-3-8-2-4-9(11)16-8/h2-5H,6-7H2,1H3,(H,12,13)/b5-3+. The van der Waals surface area contributed by atoms with Gasteiger partial charge in [-0.05, 0) is 34.1 Å². The molecule has 1 N–H and O–H groups in total. The van der Waals surface area contributed by atoms with Crippen molar-refractivity contribution in [1.29, 1.82) is 0 Å². The van der Waals surface area contributed by atoms with Crippen LogP contribution in [0.25, 0.3) is 6.08 Å². The molecule has 0 saturated heterocycles. The molecule has 0 spiro atoms. The van der Waals surface area contributed by atoms with E-state index < -0.39 is 0 Å². The fraction of sp³-hybridized carbons (Fsp3) is 0.300. The van der Waals surface area contributed by atoms with Crippen LogP contribution in [0.2, 0.25) is 0 Å². The van der Waals surface area contributed by atoms with Crippen molar-refractivity contribution in [3.63, 3.8) is 0 Å². The van der Waals surface area contributed by atoms with Crippen LogP contribution in [-0.4, -0.2) is 26.2 Å². The van der Waals surface area contributed by atoms with E-state index in [0.29, 0.717) is 23.6 Å². The van der Waals surface area contributed by atoms with Gasteiger partial charge in [-0.15, -0.1) is 0 Å². The minimum Gasteiger partial charge on any atom is -0.450 e. The molecule has 0 aliphatic carbocycles. The Bertz CT molecular complexity index is 361. The van der Waals surface area contributed by atoms with Crippen LogP contribution in [0.1, 0.15) is 5.76 Å². The van der Waals surface area contributed by atoms with E-state index in [2.05, 4.69) is 21.4 Å². The Labute approximate surface area is 101 Å². The molecule has 1 rings (SSSR count). The molecule has 1 amide bonds. The van der Waals surface area contributed by atoms with E-state index in [4.69, 9.17) is 14.0 Å². The molecule has 1 aromatic rings. The highest BCUT2D eigenvalue weighted by atomic mass is 79.9. The van der Waals surface area contributed by atoms with Crippen molar-refractivity contribution in [1.82, 2.24) is 5.48 Å². The quantitative estimate of drug-likeness (QED) is 0.492. The maximum Gasteiger partial charge on any atom is 0.267 e. The van der Waals surface area contributed by atoms with Crippen LogP contribution in [0.15, 0.2) is 27.3 Å². The molecule has 6 heteroatoms. The summed E-state index contributed by atoms with van der Waals surface area (Å²) in [5.74, 6) is 0.225. The van der Waals surface area contributed by atoms with Gasteiger partial charge in [0.05, 0.1) is 13.2 Å². The maximum atomic E-state index is 11.2. The van der Waals surface area contributed by atoms with Crippen LogP contribution in [0.3, 0.4) is 0 Å². The smallest absolute Gasteiger partial charge is 0.267 e. The summed E-state index contributed by atoms with van der Waals surface area (Å²) in [4.78, 5) is 16.0. The Balaban J connectivity index is 2.26. The highest BCUT2D eigenvalue weighted by molar-refractivity contribution is 9.10. The fourth-order valence-corrected chi connectivity index (χ4v) is 1.18. The summed E-state index contributed by atoms with van der Waals surface area (Å²) in [6.45, 7) is 0.734. The van der Waals surface area contributed by atoms with E-state index >= 15 is 0 Å². The SMILES string of the molecule is COCCONC(=O)/C=C/c1ccc(Br)o1. The lowest BCUT2D eigenvalue weighted by Crippen LogP contribution is -2.23. The van der Waals surface area contributed by atoms with Gasteiger partial charge in [0.25, 0.3) is 5.91 Å². The number of amides is 1. The first-order valence-corrected chi connectivity index (χ1v) is 5.36. The average Bonchev–Trinajstić information content (AvgIpc) is 2.68. The van der Waals surface area contributed by atoms with Crippen molar-refractivity contribution in [3.8, 4) is 0 Å². The van der Waals surface area contributed by atoms with Crippen molar-refractivity contribution in [2.45, 2.75) is 0 Å². The van der Waals surface area contributed by atoms with Crippen molar-refractivity contribution in [2.75, 3.05) is 20.3 Å². The molecule has 16 heavy (non-hydrogen) atoms. The first kappa shape index (κ1) is 13.0. The molecule has 88 valence electrons. The van der Waals surface area contributed by atoms with Crippen LogP contribution in [0.4, 0.5) is 0 Å². The number of nitrogens with one attached hydrogen (secondary N) is 1. The third kappa shape index (κ3) is 5.11. The summed E-state index contributed by atoms with van der Waals surface area (Å²) in [5, 5.41) is 0. The molecule has 5 nitrogen and oxygen atoms in total. The second-order valence-electron chi connectivity index (χ2n) is 2.78. The number of halogens is 1. The van der Waals surface area contributed by atoms with E-state index in [1.807, 2.05) is 0 Å². The van der Waals surface area contributed by atoms with Gasteiger partial charge in [-0.1, -0.05) is 0 Å². The lowest BCUT2D eigenvalue weighted by Gasteiger charge is -2.01. The van der Waals surface area contributed by atoms with Crippen LogP contribution in [-0.2, 0) is 14.4 Å². The van der Waals surface area contributed by atoms with Crippen molar-refractivity contribution >= 4 is 27.9 Å². The molecule has 0 atom stereocenters. The lowest BCUT2D eigenvalue weighted by atomic mass is 10.4. The first-order chi connectivity index (χ1) is 7.72. The van der Waals surface area contributed by atoms with Crippen LogP contribution in [0, 0.1) is 0 Å². The molecule has 0 aromatic carbocycles. The van der Waals surface area contributed by atoms with Gasteiger partial charge in [0.1, 0.15) is 5.76 Å². The summed E-state index contributed by atoms with van der Waals surface area (Å²) in [6.07, 6.45) is 2.86. The monoisotopic (exact) mass is 289 g/mol. The summed E-state index contributed by atoms with van der Waals surface area (Å²) < 4.78 is 10.5. The van der Waals surface area contributed by atoms with E-state index in [1.165, 1.54) is 6.08 Å². The van der Waals surface area contributed by atoms with Gasteiger partial charge in [0.15, 0.2) is 4.67 Å². The van der Waals surface area contributed by atoms with Gasteiger partial charge in [0.2, 0.25) is 0 Å². The lowest BCUT2D eigenvalue weighted by molar-refractivity contribution is -0.129. The van der Waals surface area contributed by atoms with Gasteiger partial charge in [-0.3, -0.25) is 9.63 Å². The van der Waals surface area contributed by atoms with Crippen molar-refractivity contribution in [2.24, 2.45) is 0 Å². The van der Waals surface area contributed by atoms with E-state index in [1.54, 1.807) is 25.3 Å². The number of furan rings is 1. The highest BCUT2D eigenvalue weighted by Crippen LogP contribution is 2.14. The summed E-state index contributed by atoms with van der Waals surface area (Å²) in [5.41, 5.74) is 2.24. The summed E-state index contributed by atoms with van der Waals surface area (Å²) in [6, 6.07) is 3.48. The molecular formula is C10H12BrNO4. The average molecular weight is 290 g/mol. The van der Waals surface area contributed by atoms with Crippen LogP contribution >= 0.6 is 15.9 Å². The minimum atomic E-state index is -0.358. The normalized spacial score (nSPS) is 10.9. The number of hydroxylamine groups is 1. The molecule has 0 bridgehead atoms. The highest BCUT2D eigenvalue weighted by Gasteiger charge is 1.97. The molecule has 0 fully saturated rings. The second kappa shape index (κ2) is 7.21. The Morgan fingerprint density at radius 2 is 2.38 bits per heavy atom. The maximum absolute atomic E-state index is 11.2. The first-order valence-electron chi connectivity index (χ1n) is 4.56. The zero-order valence-corrected chi connectivity index (χ0v) is 10.3. The summed E-state index contributed by atoms with van der Waals surface area (Å²) in [7, 11) is 1.56. The van der Waals surface area contributed by atoms with Gasteiger partial charge in [-0.2, -0.15) is 0 Å². The number of hydrogen-bond acceptors (Lipinski definition) is 4. The number of carbonyl (C=O) groups is 1. The molecule has 0 radical (unpaired) electrons. The zero-order valence-electron chi connectivity index (χ0n) is 8.73. The predicted octanol–water partition coefficient (Wildman–Crippen LogP) is 1.75. The topological polar surface area (TPSA) is 60.7 Å². The van der Waals surface area contributed by atoms with Gasteiger partial charge < -0.3 is 9.15 Å². The molecule has 0 aliphatic heterocycles. The second-order valence-corrected chi connectivity index (χ2v) is 3.56. The van der Waals surface area contributed by atoms with Crippen molar-refractivity contribution < 1.29 is 18.8 Å². The molecule has 0 saturated carbocycles. The van der Waals surface area contributed by atoms with Gasteiger partial charge >= 0.3 is 0 Å². The van der Waals surface area contributed by atoms with Crippen LogP contribution in [0.5, 0.6) is 0 Å². The number of rotatable bonds is 6. The van der Waals surface area contributed by atoms with Gasteiger partial charge in [0, 0.05) is 13.2 Å². The predicted molar refractivity (Wildman–Crippen MR) is 61.4 cm³/mol. The largest absolute Gasteiger partial charge is 0.450 e. The van der Waals surface area contributed by atoms with Gasteiger partial charge in [-0.25, -0.2) is 5.48 Å². The Morgan fingerprint density at radius 3 is 3.00 bits per heavy atom. The van der Waals surface area contributed by atoms with Crippen LogP contribution < -0.4 is 5.48 Å². The van der Waals surface area contributed by atoms with E-state index in [-0.39, 0.29) is 5.91 Å². The third-order valence-electron chi connectivity index (χ3n) is 1.56. The summed E-state index contributed by atoms with van der Waals surface area (Å²) >= 11 is 3.16. The van der Waals surface area contributed by atoms with Crippen molar-refractivity contribution in [3.05, 3.63) is 28.6 Å². The van der Waals surface area contributed by atoms with E-state index in [0.717, 1.165) is 0 Å². The third-order valence-corrected chi connectivity index (χ3v) is 1.98. The molecule has 1 aromatic heterocycles. The minimum absolute atomic E-state index is 0.308. The Hall–Kier alpha value is -1.11. The number of methoxy groups -OCH3 is 1. The fourth-order valence-electron chi connectivity index (χ4n) is 0.857.